The molecule has 1 nitrogen and oxygen atoms in total. The van der Waals surface area contributed by atoms with Crippen molar-refractivity contribution in [1.29, 1.82) is 0 Å². The van der Waals surface area contributed by atoms with Crippen molar-refractivity contribution in [3.05, 3.63) is 59.7 Å². The molecule has 0 aliphatic rings. The maximum Gasteiger partial charge on any atom is 1.00 e. The Balaban J connectivity index is 0.00000180. The first-order valence-electron chi connectivity index (χ1n) is 6.17. The zero-order valence-electron chi connectivity index (χ0n) is 12.7. The Bertz CT molecular complexity index is 558. The summed E-state index contributed by atoms with van der Waals surface area (Å²) in [6.07, 6.45) is 0.918. The predicted molar refractivity (Wildman–Crippen MR) is 80.9 cm³/mol. The molecule has 0 saturated heterocycles. The van der Waals surface area contributed by atoms with E-state index in [1.807, 2.05) is 43.3 Å². The Kier molecular flexibility index (Phi) is 6.53. The summed E-state index contributed by atoms with van der Waals surface area (Å²) in [7, 11) is 0.365. The normalized spacial score (nSPS) is 10.4. The van der Waals surface area contributed by atoms with Gasteiger partial charge < -0.3 is 1.43 Å². The van der Waals surface area contributed by atoms with Gasteiger partial charge in [-0.05, 0) is 38.4 Å². The molecule has 0 aliphatic carbocycles. The molecule has 94 valence electrons. The molecule has 0 heterocycles. The largest absolute Gasteiger partial charge is 1.00 e. The van der Waals surface area contributed by atoms with Gasteiger partial charge in [-0.2, -0.15) is 0 Å². The standard InChI is InChI=1S/C16H17OP.Li.H/c1-3-18-16(17)15-12(2)8-7-11-14(15)13-9-5-4-6-10-13;;/h4-11,18H,3H2,1-2H3;;/q;+1;-1. The van der Waals surface area contributed by atoms with E-state index in [2.05, 4.69) is 19.1 Å². The third kappa shape index (κ3) is 3.80. The Morgan fingerprint density at radius 3 is 2.42 bits per heavy atom. The Morgan fingerprint density at radius 2 is 1.79 bits per heavy atom. The summed E-state index contributed by atoms with van der Waals surface area (Å²) >= 11 is 0. The molecule has 3 heteroatoms. The minimum absolute atomic E-state index is 0. The molecule has 2 aromatic rings. The van der Waals surface area contributed by atoms with Gasteiger partial charge in [0.25, 0.3) is 0 Å². The van der Waals surface area contributed by atoms with Crippen LogP contribution in [0.15, 0.2) is 48.5 Å². The molecule has 19 heavy (non-hydrogen) atoms. The van der Waals surface area contributed by atoms with Crippen molar-refractivity contribution in [2.45, 2.75) is 13.8 Å². The summed E-state index contributed by atoms with van der Waals surface area (Å²) in [6.45, 7) is 4.07. The molecular weight excluding hydrogens is 246 g/mol. The van der Waals surface area contributed by atoms with E-state index < -0.39 is 0 Å². The second-order valence-corrected chi connectivity index (χ2v) is 5.74. The first-order chi connectivity index (χ1) is 8.74. The fraction of sp³-hybridized carbons (Fsp3) is 0.188. The average molecular weight is 264 g/mol. The van der Waals surface area contributed by atoms with E-state index in [4.69, 9.17) is 0 Å². The van der Waals surface area contributed by atoms with Crippen LogP contribution < -0.4 is 18.9 Å². The van der Waals surface area contributed by atoms with Crippen molar-refractivity contribution < 1.29 is 25.1 Å². The van der Waals surface area contributed by atoms with Crippen molar-refractivity contribution in [2.75, 3.05) is 6.16 Å². The van der Waals surface area contributed by atoms with Gasteiger partial charge >= 0.3 is 18.9 Å². The third-order valence-corrected chi connectivity index (χ3v) is 3.85. The molecule has 0 radical (unpaired) electrons. The zero-order chi connectivity index (χ0) is 13.0. The molecule has 0 spiro atoms. The second-order valence-electron chi connectivity index (χ2n) is 4.22. The molecule has 0 amide bonds. The molecule has 1 atom stereocenters. The van der Waals surface area contributed by atoms with Gasteiger partial charge in [-0.25, -0.2) is 0 Å². The van der Waals surface area contributed by atoms with Gasteiger partial charge in [0, 0.05) is 5.56 Å². The van der Waals surface area contributed by atoms with Crippen LogP contribution in [-0.2, 0) is 0 Å². The smallest absolute Gasteiger partial charge is 1.00 e. The third-order valence-electron chi connectivity index (χ3n) is 2.92. The van der Waals surface area contributed by atoms with Crippen molar-refractivity contribution >= 4 is 14.1 Å². The van der Waals surface area contributed by atoms with Crippen LogP contribution in [0.3, 0.4) is 0 Å². The average Bonchev–Trinajstić information content (AvgIpc) is 2.39. The first kappa shape index (κ1) is 16.2. The van der Waals surface area contributed by atoms with Gasteiger partial charge in [0.05, 0.1) is 0 Å². The van der Waals surface area contributed by atoms with E-state index in [0.717, 1.165) is 28.4 Å². The van der Waals surface area contributed by atoms with Gasteiger partial charge in [0.1, 0.15) is 0 Å². The number of benzene rings is 2. The molecule has 0 fully saturated rings. The molecule has 0 aromatic heterocycles. The summed E-state index contributed by atoms with van der Waals surface area (Å²) < 4.78 is 0. The number of carbonyl (C=O) groups excluding carboxylic acids is 1. The van der Waals surface area contributed by atoms with Gasteiger partial charge in [-0.1, -0.05) is 55.5 Å². The minimum atomic E-state index is 0. The van der Waals surface area contributed by atoms with Gasteiger partial charge in [0.2, 0.25) is 0 Å². The van der Waals surface area contributed by atoms with E-state index in [1.54, 1.807) is 0 Å². The quantitative estimate of drug-likeness (QED) is 0.606. The summed E-state index contributed by atoms with van der Waals surface area (Å²) in [5, 5.41) is 0. The summed E-state index contributed by atoms with van der Waals surface area (Å²) in [6, 6.07) is 16.2. The molecule has 0 bridgehead atoms. The first-order valence-corrected chi connectivity index (χ1v) is 7.38. The van der Waals surface area contributed by atoms with E-state index in [0.29, 0.717) is 8.58 Å². The molecule has 1 unspecified atom stereocenters. The van der Waals surface area contributed by atoms with Crippen LogP contribution in [0.4, 0.5) is 0 Å². The fourth-order valence-corrected chi connectivity index (χ4v) is 2.91. The maximum absolute atomic E-state index is 12.3. The number of hydrogen-bond donors (Lipinski definition) is 0. The van der Waals surface area contributed by atoms with Crippen molar-refractivity contribution in [3.8, 4) is 11.1 Å². The van der Waals surface area contributed by atoms with E-state index in [-0.39, 0.29) is 25.8 Å². The van der Waals surface area contributed by atoms with Crippen LogP contribution in [0.5, 0.6) is 0 Å². The molecular formula is C16H18LiOP. The molecule has 0 saturated carbocycles. The molecule has 0 N–H and O–H groups in total. The van der Waals surface area contributed by atoms with Gasteiger partial charge in [-0.3, -0.25) is 4.79 Å². The number of rotatable bonds is 4. The molecule has 2 rings (SSSR count). The van der Waals surface area contributed by atoms with E-state index in [1.165, 1.54) is 0 Å². The van der Waals surface area contributed by atoms with Gasteiger partial charge in [0.15, 0.2) is 5.52 Å². The van der Waals surface area contributed by atoms with E-state index in [9.17, 15) is 4.79 Å². The second kappa shape index (κ2) is 7.66. The van der Waals surface area contributed by atoms with E-state index >= 15 is 0 Å². The number of aryl methyl sites for hydroxylation is 1. The Labute approximate surface area is 130 Å². The fourth-order valence-electron chi connectivity index (χ4n) is 2.08. The Hall–Kier alpha value is -0.863. The van der Waals surface area contributed by atoms with Crippen LogP contribution in [0.2, 0.25) is 0 Å². The van der Waals surface area contributed by atoms with Crippen LogP contribution in [-0.4, -0.2) is 11.7 Å². The summed E-state index contributed by atoms with van der Waals surface area (Å²) in [5.41, 5.74) is 4.41. The van der Waals surface area contributed by atoms with Crippen molar-refractivity contribution in [1.82, 2.24) is 0 Å². The van der Waals surface area contributed by atoms with Crippen molar-refractivity contribution in [3.63, 3.8) is 0 Å². The van der Waals surface area contributed by atoms with Crippen LogP contribution in [0.1, 0.15) is 24.3 Å². The number of hydrogen-bond acceptors (Lipinski definition) is 1. The van der Waals surface area contributed by atoms with Crippen LogP contribution in [0, 0.1) is 6.92 Å². The topological polar surface area (TPSA) is 17.1 Å². The Morgan fingerprint density at radius 1 is 1.11 bits per heavy atom. The monoisotopic (exact) mass is 264 g/mol. The minimum Gasteiger partial charge on any atom is -1.00 e. The van der Waals surface area contributed by atoms with Crippen LogP contribution in [0.25, 0.3) is 11.1 Å². The SMILES string of the molecule is CCPC(=O)c1c(C)cccc1-c1ccccc1.[H-].[Li+]. The number of carbonyl (C=O) groups is 1. The van der Waals surface area contributed by atoms with Crippen molar-refractivity contribution in [2.24, 2.45) is 0 Å². The van der Waals surface area contributed by atoms with Gasteiger partial charge in [-0.15, -0.1) is 0 Å². The molecule has 0 aliphatic heterocycles. The summed E-state index contributed by atoms with van der Waals surface area (Å²) in [4.78, 5) is 12.3. The zero-order valence-corrected chi connectivity index (χ0v) is 12.7. The summed E-state index contributed by atoms with van der Waals surface area (Å²) in [5.74, 6) is 0. The van der Waals surface area contributed by atoms with Crippen LogP contribution >= 0.6 is 8.58 Å². The maximum atomic E-state index is 12.3. The predicted octanol–water partition coefficient (Wildman–Crippen LogP) is 1.62. The molecule has 2 aromatic carbocycles.